The largest absolute Gasteiger partial charge is 0.472 e. The maximum atomic E-state index is 13.5. The molecule has 10 atom stereocenters. The molecule has 4 aromatic heterocycles. The fraction of sp³-hybridized carbons (Fsp3) is 0.524. The van der Waals surface area contributed by atoms with Crippen LogP contribution in [0.5, 0.6) is 0 Å². The quantitative estimate of drug-likeness (QED) is 0.116. The summed E-state index contributed by atoms with van der Waals surface area (Å²) in [6.45, 7) is -1.59. The van der Waals surface area contributed by atoms with Gasteiger partial charge in [-0.2, -0.15) is 4.98 Å². The molecule has 0 aliphatic carbocycles. The van der Waals surface area contributed by atoms with E-state index in [2.05, 4.69) is 29.9 Å². The van der Waals surface area contributed by atoms with Gasteiger partial charge in [0, 0.05) is 0 Å². The van der Waals surface area contributed by atoms with Gasteiger partial charge in [-0.25, -0.2) is 24.5 Å². The molecule has 0 amide bonds. The van der Waals surface area contributed by atoms with E-state index in [-0.39, 0.29) is 40.7 Å². The van der Waals surface area contributed by atoms with Crippen LogP contribution < -0.4 is 17.0 Å². The summed E-state index contributed by atoms with van der Waals surface area (Å²) < 4.78 is 69.7. The van der Waals surface area contributed by atoms with Crippen molar-refractivity contribution in [3.8, 4) is 0 Å². The van der Waals surface area contributed by atoms with Gasteiger partial charge >= 0.3 is 7.82 Å². The third-order valence-corrected chi connectivity index (χ3v) is 10.1. The summed E-state index contributed by atoms with van der Waals surface area (Å²) in [6, 6.07) is 0. The monoisotopic (exact) mass is 680 g/mol. The van der Waals surface area contributed by atoms with Crippen molar-refractivity contribution in [1.29, 1.82) is 0 Å². The van der Waals surface area contributed by atoms with Crippen LogP contribution >= 0.6 is 15.3 Å². The molecule has 4 aliphatic rings. The van der Waals surface area contributed by atoms with Gasteiger partial charge in [0.15, 0.2) is 35.1 Å². The standard InChI is InChI=1S/C21H23BN10O12P2/c22-45(35)39-1-7-10(33)11(18(41-7)32-6-28-9-16(32)29-20(24)30-17(9)34)43-46(36,37)40-3-21-2-38-12(13(21)44-45)19(42-21)31-5-27-8-14(23)25-4-26-15(8)31/h4-7,10-13,18-19,33H,1-3H2,(H,36,37)(H2,23,25,26)(H3,24,29,30,34)/t7?,10?,11?,12?,13?,18?,19?,21?,45-/m1/s1. The molecular weight excluding hydrogens is 657 g/mol. The van der Waals surface area contributed by atoms with Gasteiger partial charge in [-0.3, -0.25) is 32.5 Å². The van der Waals surface area contributed by atoms with E-state index in [0.29, 0.717) is 0 Å². The lowest BCUT2D eigenvalue weighted by atomic mass is 10.0. The van der Waals surface area contributed by atoms with Crippen LogP contribution in [-0.2, 0) is 41.4 Å². The van der Waals surface area contributed by atoms with E-state index in [9.17, 15) is 23.9 Å². The highest BCUT2D eigenvalue weighted by Crippen LogP contribution is 2.58. The molecule has 0 aromatic carbocycles. The minimum absolute atomic E-state index is 0.0865. The van der Waals surface area contributed by atoms with E-state index in [4.69, 9.17) is 51.3 Å². The van der Waals surface area contributed by atoms with Crippen LogP contribution in [0.2, 0.25) is 0 Å². The molecular formula is C21H23BN10O12P2. The Labute approximate surface area is 256 Å². The summed E-state index contributed by atoms with van der Waals surface area (Å²) in [5.41, 5.74) is 9.60. The van der Waals surface area contributed by atoms with Gasteiger partial charge in [-0.05, 0) is 0 Å². The second-order valence-electron chi connectivity index (χ2n) is 10.9. The Morgan fingerprint density at radius 3 is 2.57 bits per heavy atom. The Morgan fingerprint density at radius 1 is 1.00 bits per heavy atom. The molecule has 22 nitrogen and oxygen atoms in total. The van der Waals surface area contributed by atoms with Crippen LogP contribution in [0.1, 0.15) is 12.5 Å². The molecule has 8 heterocycles. The lowest BCUT2D eigenvalue weighted by molar-refractivity contribution is -0.184. The first kappa shape index (κ1) is 30.0. The SMILES string of the molecule is [B][P@@]1(=O)OCC2OC(n3cnc4c(=O)[nH]c(N)nc43)C(OP(=O)(O)OCC34COC(C(n5cnc6c(N)ncnc65)O3)C4O1)C2O. The third-order valence-electron chi connectivity index (χ3n) is 8.08. The number of nitrogens with zero attached hydrogens (tertiary/aromatic N) is 7. The number of H-pyrrole nitrogens is 1. The van der Waals surface area contributed by atoms with Crippen LogP contribution in [0, 0.1) is 0 Å². The van der Waals surface area contributed by atoms with Gasteiger partial charge in [0.2, 0.25) is 13.5 Å². The highest BCUT2D eigenvalue weighted by Gasteiger charge is 2.65. The molecule has 2 radical (unpaired) electrons. The Hall–Kier alpha value is -3.34. The number of aromatic nitrogens is 8. The summed E-state index contributed by atoms with van der Waals surface area (Å²) in [5.74, 6) is -0.145. The molecule has 25 heteroatoms. The van der Waals surface area contributed by atoms with Gasteiger partial charge in [0.05, 0.1) is 32.5 Å². The number of imidazole rings is 2. The van der Waals surface area contributed by atoms with E-state index < -0.39 is 82.6 Å². The number of hydrogen-bond acceptors (Lipinski definition) is 18. The second-order valence-corrected chi connectivity index (χ2v) is 13.9. The molecule has 242 valence electrons. The van der Waals surface area contributed by atoms with Crippen molar-refractivity contribution in [1.82, 2.24) is 39.0 Å². The molecule has 4 aliphatic heterocycles. The number of rotatable bonds is 2. The predicted octanol–water partition coefficient (Wildman–Crippen LogP) is -1.76. The van der Waals surface area contributed by atoms with Crippen LogP contribution in [-0.4, -0.2) is 113 Å². The maximum absolute atomic E-state index is 13.5. The van der Waals surface area contributed by atoms with Crippen LogP contribution in [0.3, 0.4) is 0 Å². The molecule has 8 rings (SSSR count). The first-order chi connectivity index (χ1) is 21.8. The fourth-order valence-corrected chi connectivity index (χ4v) is 8.02. The zero-order valence-corrected chi connectivity index (χ0v) is 24.9. The first-order valence-corrected chi connectivity index (χ1v) is 16.6. The van der Waals surface area contributed by atoms with E-state index in [1.807, 2.05) is 0 Å². The molecule has 46 heavy (non-hydrogen) atoms. The highest BCUT2D eigenvalue weighted by atomic mass is 31.2. The van der Waals surface area contributed by atoms with Crippen molar-refractivity contribution in [2.45, 2.75) is 48.6 Å². The number of aliphatic hydroxyl groups excluding tert-OH is 1. The van der Waals surface area contributed by atoms with Crippen molar-refractivity contribution >= 4 is 57.0 Å². The van der Waals surface area contributed by atoms with E-state index >= 15 is 0 Å². The van der Waals surface area contributed by atoms with Crippen molar-refractivity contribution in [3.63, 3.8) is 0 Å². The summed E-state index contributed by atoms with van der Waals surface area (Å²) in [5, 5.41) is 11.1. The Morgan fingerprint density at radius 2 is 1.76 bits per heavy atom. The van der Waals surface area contributed by atoms with E-state index in [1.54, 1.807) is 0 Å². The number of ether oxygens (including phenoxy) is 3. The van der Waals surface area contributed by atoms with Crippen LogP contribution in [0.4, 0.5) is 11.8 Å². The second kappa shape index (κ2) is 10.3. The summed E-state index contributed by atoms with van der Waals surface area (Å²) in [7, 11) is -3.57. The van der Waals surface area contributed by atoms with Gasteiger partial charge < -0.3 is 44.7 Å². The fourth-order valence-electron chi connectivity index (χ4n) is 6.00. The molecule has 0 spiro atoms. The van der Waals surface area contributed by atoms with E-state index in [0.717, 1.165) is 6.33 Å². The minimum atomic E-state index is -5.07. The molecule has 4 saturated heterocycles. The topological polar surface area (TPSA) is 298 Å². The zero-order chi connectivity index (χ0) is 32.2. The minimum Gasteiger partial charge on any atom is -0.387 e. The summed E-state index contributed by atoms with van der Waals surface area (Å²) >= 11 is 0. The molecule has 9 unspecified atom stereocenters. The average molecular weight is 680 g/mol. The molecule has 7 N–H and O–H groups in total. The maximum Gasteiger partial charge on any atom is 0.472 e. The smallest absolute Gasteiger partial charge is 0.387 e. The number of nitrogen functional groups attached to an aromatic ring is 2. The van der Waals surface area contributed by atoms with Crippen molar-refractivity contribution < 1.29 is 51.4 Å². The molecule has 4 aromatic rings. The number of phosphoric ester groups is 1. The number of anilines is 2. The van der Waals surface area contributed by atoms with E-state index in [1.165, 1.54) is 21.8 Å². The Balaban J connectivity index is 1.14. The lowest BCUT2D eigenvalue weighted by Crippen LogP contribution is -2.46. The number of phosphoric acid groups is 1. The molecule has 0 saturated carbocycles. The van der Waals surface area contributed by atoms with Crippen molar-refractivity contribution in [3.05, 3.63) is 29.3 Å². The number of hydrogen-bond donors (Lipinski definition) is 5. The normalized spacial score (nSPS) is 39.7. The zero-order valence-electron chi connectivity index (χ0n) is 23.1. The average Bonchev–Trinajstić information content (AvgIpc) is 3.80. The summed E-state index contributed by atoms with van der Waals surface area (Å²) in [6.07, 6.45) is -5.70. The number of aromatic amines is 1. The van der Waals surface area contributed by atoms with Gasteiger partial charge in [0.1, 0.15) is 48.0 Å². The first-order valence-electron chi connectivity index (χ1n) is 13.5. The van der Waals surface area contributed by atoms with Gasteiger partial charge in [0.25, 0.3) is 13.0 Å². The van der Waals surface area contributed by atoms with Crippen molar-refractivity contribution in [2.75, 3.05) is 31.3 Å². The lowest BCUT2D eigenvalue weighted by Gasteiger charge is -2.32. The Bertz CT molecular complexity index is 2030. The van der Waals surface area contributed by atoms with Gasteiger partial charge in [-0.15, -0.1) is 0 Å². The number of nitrogens with two attached hydrogens (primary N) is 2. The molecule has 4 bridgehead atoms. The summed E-state index contributed by atoms with van der Waals surface area (Å²) in [4.78, 5) is 45.9. The third kappa shape index (κ3) is 4.70. The molecule has 4 fully saturated rings. The highest BCUT2D eigenvalue weighted by molar-refractivity contribution is 7.79. The predicted molar refractivity (Wildman–Crippen MR) is 150 cm³/mol. The van der Waals surface area contributed by atoms with Crippen LogP contribution in [0.15, 0.2) is 23.8 Å². The number of fused-ring (bicyclic) bond motifs is 4. The number of aliphatic hydroxyl groups is 1. The Kier molecular flexibility index (Phi) is 6.74. The van der Waals surface area contributed by atoms with Crippen LogP contribution in [0.25, 0.3) is 22.3 Å². The van der Waals surface area contributed by atoms with Gasteiger partial charge in [-0.1, -0.05) is 0 Å². The number of nitrogens with one attached hydrogen (secondary N) is 1. The van der Waals surface area contributed by atoms with Crippen molar-refractivity contribution in [2.24, 2.45) is 0 Å².